The summed E-state index contributed by atoms with van der Waals surface area (Å²) in [7, 11) is -3.83. The van der Waals surface area contributed by atoms with Gasteiger partial charge in [-0.2, -0.15) is 4.31 Å². The van der Waals surface area contributed by atoms with E-state index in [9.17, 15) is 18.0 Å². The number of rotatable bonds is 6. The van der Waals surface area contributed by atoms with Crippen LogP contribution in [-0.2, 0) is 24.3 Å². The summed E-state index contributed by atoms with van der Waals surface area (Å²) in [6.45, 7) is 5.23. The zero-order chi connectivity index (χ0) is 22.9. The van der Waals surface area contributed by atoms with Crippen molar-refractivity contribution in [3.63, 3.8) is 0 Å². The summed E-state index contributed by atoms with van der Waals surface area (Å²) in [6, 6.07) is 3.12. The molecule has 0 unspecified atom stereocenters. The number of amides is 2. The Morgan fingerprint density at radius 1 is 1.28 bits per heavy atom. The summed E-state index contributed by atoms with van der Waals surface area (Å²) in [4.78, 5) is 24.9. The largest absolute Gasteiger partial charge is 0.478 e. The van der Waals surface area contributed by atoms with Crippen LogP contribution in [-0.4, -0.2) is 63.0 Å². The number of anilines is 1. The summed E-state index contributed by atoms with van der Waals surface area (Å²) in [6.07, 6.45) is 3.09. The summed E-state index contributed by atoms with van der Waals surface area (Å²) < 4.78 is 39.6. The van der Waals surface area contributed by atoms with E-state index in [4.69, 9.17) is 9.47 Å². The van der Waals surface area contributed by atoms with Gasteiger partial charge in [-0.25, -0.2) is 8.42 Å². The monoisotopic (exact) mass is 465 g/mol. The van der Waals surface area contributed by atoms with E-state index in [2.05, 4.69) is 10.6 Å². The maximum Gasteiger partial charge on any atom is 0.265 e. The maximum absolute atomic E-state index is 13.5. The molecule has 32 heavy (non-hydrogen) atoms. The Morgan fingerprint density at radius 2 is 2.09 bits per heavy atom. The number of ether oxygens (including phenoxy) is 2. The predicted octanol–water partition coefficient (Wildman–Crippen LogP) is 1.80. The van der Waals surface area contributed by atoms with E-state index >= 15 is 0 Å². The number of piperidine rings is 1. The average molecular weight is 466 g/mol. The molecular weight excluding hydrogens is 434 g/mol. The fourth-order valence-electron chi connectivity index (χ4n) is 4.51. The Morgan fingerprint density at radius 3 is 2.81 bits per heavy atom. The molecule has 1 aromatic rings. The lowest BCUT2D eigenvalue weighted by Crippen LogP contribution is -2.46. The molecule has 2 fully saturated rings. The summed E-state index contributed by atoms with van der Waals surface area (Å²) >= 11 is 0. The molecule has 3 heterocycles. The smallest absolute Gasteiger partial charge is 0.265 e. The summed E-state index contributed by atoms with van der Waals surface area (Å²) in [5, 5.41) is 5.71. The number of sulfonamides is 1. The van der Waals surface area contributed by atoms with Crippen molar-refractivity contribution in [2.24, 2.45) is 5.92 Å². The second kappa shape index (κ2) is 9.36. The molecule has 3 atom stereocenters. The highest BCUT2D eigenvalue weighted by molar-refractivity contribution is 7.89. The van der Waals surface area contributed by atoms with Crippen LogP contribution in [0.2, 0.25) is 0 Å². The number of fused-ring (bicyclic) bond motifs is 1. The van der Waals surface area contributed by atoms with Gasteiger partial charge in [-0.1, -0.05) is 6.92 Å². The second-order valence-electron chi connectivity index (χ2n) is 8.70. The van der Waals surface area contributed by atoms with Gasteiger partial charge < -0.3 is 20.1 Å². The minimum absolute atomic E-state index is 0.0490. The SMILES string of the molecule is CC[C@@H]1Oc2cc(S(=O)(=O)N3CCC[C@@H](C(=O)NC[C@H]4CCCO4)C3)c(C)cc2NC1=O. The Bertz CT molecular complexity index is 990. The third-order valence-corrected chi connectivity index (χ3v) is 8.38. The number of nitrogens with one attached hydrogen (secondary N) is 2. The molecule has 0 aliphatic carbocycles. The normalized spacial score (nSPS) is 26.2. The molecule has 0 radical (unpaired) electrons. The van der Waals surface area contributed by atoms with Crippen LogP contribution in [0.5, 0.6) is 5.75 Å². The number of carbonyl (C=O) groups excluding carboxylic acids is 2. The van der Waals surface area contributed by atoms with E-state index in [1.165, 1.54) is 10.4 Å². The van der Waals surface area contributed by atoms with Crippen molar-refractivity contribution in [1.29, 1.82) is 0 Å². The summed E-state index contributed by atoms with van der Waals surface area (Å²) in [5.41, 5.74) is 0.994. The van der Waals surface area contributed by atoms with Crippen LogP contribution in [0.3, 0.4) is 0 Å². The number of benzene rings is 1. The molecule has 0 saturated carbocycles. The third-order valence-electron chi connectivity index (χ3n) is 6.37. The molecular formula is C22H31N3O6S. The number of nitrogens with zero attached hydrogens (tertiary/aromatic N) is 1. The first-order valence-electron chi connectivity index (χ1n) is 11.3. The minimum atomic E-state index is -3.83. The zero-order valence-corrected chi connectivity index (χ0v) is 19.4. The Balaban J connectivity index is 1.49. The molecule has 0 aromatic heterocycles. The van der Waals surface area contributed by atoms with Crippen molar-refractivity contribution in [3.05, 3.63) is 17.7 Å². The molecule has 10 heteroatoms. The first-order valence-corrected chi connectivity index (χ1v) is 12.7. The minimum Gasteiger partial charge on any atom is -0.478 e. The maximum atomic E-state index is 13.5. The number of hydrogen-bond acceptors (Lipinski definition) is 6. The lowest BCUT2D eigenvalue weighted by atomic mass is 9.99. The Kier molecular flexibility index (Phi) is 6.73. The second-order valence-corrected chi connectivity index (χ2v) is 10.6. The van der Waals surface area contributed by atoms with E-state index in [1.807, 2.05) is 6.92 Å². The molecule has 0 spiro atoms. The predicted molar refractivity (Wildman–Crippen MR) is 118 cm³/mol. The molecule has 176 valence electrons. The molecule has 2 saturated heterocycles. The standard InChI is InChI=1S/C22H31N3O6S/c1-3-18-22(27)24-17-10-14(2)20(11-19(17)31-18)32(28,29)25-8-4-6-15(13-25)21(26)23-12-16-7-5-9-30-16/h10-11,15-16,18H,3-9,12-13H2,1-2H3,(H,23,26)(H,24,27)/t15-,16-,18+/m1/s1. The highest BCUT2D eigenvalue weighted by Gasteiger charge is 2.36. The molecule has 2 amide bonds. The van der Waals surface area contributed by atoms with Crippen LogP contribution in [0.4, 0.5) is 5.69 Å². The van der Waals surface area contributed by atoms with Crippen LogP contribution < -0.4 is 15.4 Å². The van der Waals surface area contributed by atoms with Crippen molar-refractivity contribution in [3.8, 4) is 5.75 Å². The lowest BCUT2D eigenvalue weighted by Gasteiger charge is -2.32. The van der Waals surface area contributed by atoms with Gasteiger partial charge >= 0.3 is 0 Å². The molecule has 1 aromatic carbocycles. The first-order chi connectivity index (χ1) is 15.3. The van der Waals surface area contributed by atoms with Crippen LogP contribution in [0.1, 0.15) is 44.6 Å². The molecule has 2 N–H and O–H groups in total. The topological polar surface area (TPSA) is 114 Å². The van der Waals surface area contributed by atoms with E-state index in [-0.39, 0.29) is 29.4 Å². The average Bonchev–Trinajstić information content (AvgIpc) is 3.30. The Labute approximate surface area is 188 Å². The molecule has 3 aliphatic heterocycles. The van der Waals surface area contributed by atoms with Crippen LogP contribution in [0.25, 0.3) is 0 Å². The van der Waals surface area contributed by atoms with Gasteiger partial charge in [0.15, 0.2) is 6.10 Å². The van der Waals surface area contributed by atoms with Gasteiger partial charge in [0.05, 0.1) is 22.6 Å². The van der Waals surface area contributed by atoms with Crippen LogP contribution in [0, 0.1) is 12.8 Å². The highest BCUT2D eigenvalue weighted by atomic mass is 32.2. The third kappa shape index (κ3) is 4.62. The quantitative estimate of drug-likeness (QED) is 0.662. The van der Waals surface area contributed by atoms with Gasteiger partial charge in [0, 0.05) is 32.3 Å². The number of aryl methyl sites for hydroxylation is 1. The van der Waals surface area contributed by atoms with Crippen molar-refractivity contribution >= 4 is 27.5 Å². The first kappa shape index (κ1) is 23.0. The molecule has 9 nitrogen and oxygen atoms in total. The van der Waals surface area contributed by atoms with Crippen LogP contribution >= 0.6 is 0 Å². The van der Waals surface area contributed by atoms with Gasteiger partial charge in [-0.15, -0.1) is 0 Å². The highest BCUT2D eigenvalue weighted by Crippen LogP contribution is 2.36. The number of hydrogen-bond donors (Lipinski definition) is 2. The van der Waals surface area contributed by atoms with Crippen molar-refractivity contribution in [1.82, 2.24) is 9.62 Å². The van der Waals surface area contributed by atoms with Crippen molar-refractivity contribution < 1.29 is 27.5 Å². The fraction of sp³-hybridized carbons (Fsp3) is 0.636. The molecule has 4 rings (SSSR count). The molecule has 0 bridgehead atoms. The van der Waals surface area contributed by atoms with Gasteiger partial charge in [0.2, 0.25) is 15.9 Å². The zero-order valence-electron chi connectivity index (χ0n) is 18.6. The van der Waals surface area contributed by atoms with E-state index in [0.717, 1.165) is 19.4 Å². The number of carbonyl (C=O) groups is 2. The lowest BCUT2D eigenvalue weighted by molar-refractivity contribution is -0.126. The van der Waals surface area contributed by atoms with E-state index < -0.39 is 22.0 Å². The Hall–Kier alpha value is -2.17. The van der Waals surface area contributed by atoms with Gasteiger partial charge in [-0.3, -0.25) is 9.59 Å². The van der Waals surface area contributed by atoms with Gasteiger partial charge in [-0.05, 0) is 50.7 Å². The van der Waals surface area contributed by atoms with Gasteiger partial charge in [0.1, 0.15) is 5.75 Å². The van der Waals surface area contributed by atoms with E-state index in [0.29, 0.717) is 49.4 Å². The molecule has 3 aliphatic rings. The van der Waals surface area contributed by atoms with Crippen LogP contribution in [0.15, 0.2) is 17.0 Å². The van der Waals surface area contributed by atoms with Crippen molar-refractivity contribution in [2.75, 3.05) is 31.6 Å². The fourth-order valence-corrected chi connectivity index (χ4v) is 6.25. The van der Waals surface area contributed by atoms with Gasteiger partial charge in [0.25, 0.3) is 5.91 Å². The van der Waals surface area contributed by atoms with E-state index in [1.54, 1.807) is 13.0 Å². The van der Waals surface area contributed by atoms with Crippen molar-refractivity contribution in [2.45, 2.75) is 63.1 Å². The summed E-state index contributed by atoms with van der Waals surface area (Å²) in [5.74, 6) is -0.399.